The molecule has 1 aliphatic carbocycles. The second-order valence-electron chi connectivity index (χ2n) is 6.64. The summed E-state index contributed by atoms with van der Waals surface area (Å²) in [5.74, 6) is 0.0728. The maximum atomic E-state index is 12.3. The summed E-state index contributed by atoms with van der Waals surface area (Å²) in [6, 6.07) is 2.60. The van der Waals surface area contributed by atoms with E-state index in [4.69, 9.17) is 0 Å². The van der Waals surface area contributed by atoms with Crippen molar-refractivity contribution < 1.29 is 9.90 Å². The highest BCUT2D eigenvalue weighted by Crippen LogP contribution is 2.26. The van der Waals surface area contributed by atoms with Gasteiger partial charge in [0.25, 0.3) is 5.91 Å². The number of aliphatic hydroxyl groups is 1. The molecule has 0 aromatic carbocycles. The molecule has 1 aromatic rings. The second kappa shape index (κ2) is 7.11. The van der Waals surface area contributed by atoms with Crippen LogP contribution in [0.5, 0.6) is 0 Å². The van der Waals surface area contributed by atoms with E-state index in [-0.39, 0.29) is 18.1 Å². The first-order chi connectivity index (χ1) is 10.6. The van der Waals surface area contributed by atoms with Crippen LogP contribution in [0, 0.1) is 6.92 Å². The Hall–Kier alpha value is -0.910. The molecule has 4 nitrogen and oxygen atoms in total. The van der Waals surface area contributed by atoms with Crippen LogP contribution in [-0.4, -0.2) is 47.2 Å². The van der Waals surface area contributed by atoms with Crippen LogP contribution >= 0.6 is 11.3 Å². The fourth-order valence-electron chi connectivity index (χ4n) is 3.75. The van der Waals surface area contributed by atoms with Gasteiger partial charge >= 0.3 is 0 Å². The molecular weight excluding hydrogens is 296 g/mol. The van der Waals surface area contributed by atoms with Gasteiger partial charge in [-0.2, -0.15) is 0 Å². The number of carbonyl (C=O) groups excluding carboxylic acids is 1. The van der Waals surface area contributed by atoms with Crippen molar-refractivity contribution in [3.63, 3.8) is 0 Å². The molecule has 122 valence electrons. The zero-order valence-electron chi connectivity index (χ0n) is 13.3. The topological polar surface area (TPSA) is 52.6 Å². The van der Waals surface area contributed by atoms with Gasteiger partial charge in [-0.05, 0) is 49.6 Å². The summed E-state index contributed by atoms with van der Waals surface area (Å²) in [7, 11) is 0. The highest BCUT2D eigenvalue weighted by atomic mass is 32.1. The summed E-state index contributed by atoms with van der Waals surface area (Å²) >= 11 is 1.51. The molecule has 0 bridgehead atoms. The van der Waals surface area contributed by atoms with Gasteiger partial charge in [0.2, 0.25) is 0 Å². The molecule has 2 fully saturated rings. The van der Waals surface area contributed by atoms with Crippen molar-refractivity contribution in [2.45, 2.75) is 63.6 Å². The lowest BCUT2D eigenvalue weighted by Crippen LogP contribution is -2.52. The number of thiophene rings is 1. The summed E-state index contributed by atoms with van der Waals surface area (Å²) in [6.45, 7) is 3.95. The van der Waals surface area contributed by atoms with Crippen LogP contribution in [0.2, 0.25) is 0 Å². The lowest BCUT2D eigenvalue weighted by molar-refractivity contribution is 0.00728. The predicted octanol–water partition coefficient (Wildman–Crippen LogP) is 2.55. The number of aliphatic hydroxyl groups excluding tert-OH is 1. The molecule has 1 amide bonds. The summed E-state index contributed by atoms with van der Waals surface area (Å²) < 4.78 is 0. The molecule has 1 aromatic heterocycles. The molecule has 3 rings (SSSR count). The normalized spacial score (nSPS) is 27.7. The van der Waals surface area contributed by atoms with Crippen molar-refractivity contribution in [1.82, 2.24) is 10.2 Å². The highest BCUT2D eigenvalue weighted by molar-refractivity contribution is 7.12. The first kappa shape index (κ1) is 16.0. The molecule has 22 heavy (non-hydrogen) atoms. The zero-order chi connectivity index (χ0) is 15.5. The van der Waals surface area contributed by atoms with E-state index in [1.807, 2.05) is 18.4 Å². The maximum Gasteiger partial charge on any atom is 0.261 e. The quantitative estimate of drug-likeness (QED) is 0.899. The van der Waals surface area contributed by atoms with E-state index in [0.29, 0.717) is 6.04 Å². The minimum atomic E-state index is -0.159. The number of nitrogens with one attached hydrogen (secondary N) is 1. The van der Waals surface area contributed by atoms with Crippen LogP contribution in [0.4, 0.5) is 0 Å². The highest BCUT2D eigenvalue weighted by Gasteiger charge is 2.31. The molecule has 2 atom stereocenters. The van der Waals surface area contributed by atoms with Crippen molar-refractivity contribution in [3.05, 3.63) is 21.9 Å². The van der Waals surface area contributed by atoms with Crippen molar-refractivity contribution >= 4 is 17.2 Å². The number of piperidine rings is 1. The van der Waals surface area contributed by atoms with Crippen molar-refractivity contribution in [3.8, 4) is 0 Å². The number of carbonyl (C=O) groups is 1. The standard InChI is InChI=1S/C17H26N2O2S/c1-12-8-11-22-16(12)17(21)18-13-6-9-19(10-7-13)14-4-2-3-5-15(14)20/h8,11,13-15,20H,2-7,9-10H2,1H3,(H,18,21). The molecule has 0 radical (unpaired) electrons. The van der Waals surface area contributed by atoms with Crippen LogP contribution in [-0.2, 0) is 0 Å². The Morgan fingerprint density at radius 1 is 1.27 bits per heavy atom. The van der Waals surface area contributed by atoms with E-state index in [1.54, 1.807) is 0 Å². The monoisotopic (exact) mass is 322 g/mol. The van der Waals surface area contributed by atoms with Gasteiger partial charge in [-0.3, -0.25) is 9.69 Å². The molecule has 2 N–H and O–H groups in total. The SMILES string of the molecule is Cc1ccsc1C(=O)NC1CCN(C2CCCCC2O)CC1. The molecule has 1 saturated heterocycles. The Morgan fingerprint density at radius 3 is 2.64 bits per heavy atom. The number of likely N-dealkylation sites (tertiary alicyclic amines) is 1. The Bertz CT molecular complexity index is 509. The van der Waals surface area contributed by atoms with Crippen LogP contribution < -0.4 is 5.32 Å². The molecule has 1 saturated carbocycles. The lowest BCUT2D eigenvalue weighted by Gasteiger charge is -2.41. The Labute approximate surface area is 136 Å². The molecule has 0 spiro atoms. The first-order valence-corrected chi connectivity index (χ1v) is 9.30. The zero-order valence-corrected chi connectivity index (χ0v) is 14.1. The van der Waals surface area contributed by atoms with E-state index < -0.39 is 0 Å². The van der Waals surface area contributed by atoms with E-state index in [1.165, 1.54) is 17.8 Å². The third-order valence-corrected chi connectivity index (χ3v) is 6.11. The fraction of sp³-hybridized carbons (Fsp3) is 0.706. The molecule has 5 heteroatoms. The van der Waals surface area contributed by atoms with Gasteiger partial charge in [0, 0.05) is 25.2 Å². The average Bonchev–Trinajstić information content (AvgIpc) is 2.95. The van der Waals surface area contributed by atoms with Gasteiger partial charge in [-0.25, -0.2) is 0 Å². The van der Waals surface area contributed by atoms with Crippen molar-refractivity contribution in [1.29, 1.82) is 0 Å². The van der Waals surface area contributed by atoms with E-state index in [9.17, 15) is 9.90 Å². The van der Waals surface area contributed by atoms with Gasteiger partial charge in [-0.15, -0.1) is 11.3 Å². The van der Waals surface area contributed by atoms with Gasteiger partial charge < -0.3 is 10.4 Å². The Morgan fingerprint density at radius 2 is 2.00 bits per heavy atom. The first-order valence-electron chi connectivity index (χ1n) is 8.42. The van der Waals surface area contributed by atoms with Gasteiger partial charge in [0.05, 0.1) is 11.0 Å². The Kier molecular flexibility index (Phi) is 5.16. The van der Waals surface area contributed by atoms with Gasteiger partial charge in [0.15, 0.2) is 0 Å². The summed E-state index contributed by atoms with van der Waals surface area (Å²) in [5, 5.41) is 15.3. The fourth-order valence-corrected chi connectivity index (χ4v) is 4.58. The molecule has 2 aliphatic rings. The number of hydrogen-bond acceptors (Lipinski definition) is 4. The average molecular weight is 322 g/mol. The van der Waals surface area contributed by atoms with E-state index >= 15 is 0 Å². The smallest absolute Gasteiger partial charge is 0.261 e. The summed E-state index contributed by atoms with van der Waals surface area (Å²) in [5.41, 5.74) is 1.06. The number of aryl methyl sites for hydroxylation is 1. The van der Waals surface area contributed by atoms with Gasteiger partial charge in [-0.1, -0.05) is 12.8 Å². The van der Waals surface area contributed by atoms with E-state index in [2.05, 4.69) is 10.2 Å². The van der Waals surface area contributed by atoms with Crippen LogP contribution in [0.3, 0.4) is 0 Å². The number of rotatable bonds is 3. The molecule has 1 aliphatic heterocycles. The molecule has 2 unspecified atom stereocenters. The van der Waals surface area contributed by atoms with Crippen LogP contribution in [0.1, 0.15) is 53.8 Å². The number of nitrogens with zero attached hydrogens (tertiary/aromatic N) is 1. The van der Waals surface area contributed by atoms with Gasteiger partial charge in [0.1, 0.15) is 0 Å². The third kappa shape index (κ3) is 3.53. The molecular formula is C17H26N2O2S. The number of amides is 1. The van der Waals surface area contributed by atoms with Crippen LogP contribution in [0.25, 0.3) is 0 Å². The summed E-state index contributed by atoms with van der Waals surface area (Å²) in [4.78, 5) is 15.5. The Balaban J connectivity index is 1.49. The maximum absolute atomic E-state index is 12.3. The lowest BCUT2D eigenvalue weighted by atomic mass is 9.89. The minimum absolute atomic E-state index is 0.0728. The van der Waals surface area contributed by atoms with Crippen molar-refractivity contribution in [2.75, 3.05) is 13.1 Å². The van der Waals surface area contributed by atoms with E-state index in [0.717, 1.165) is 55.6 Å². The summed E-state index contributed by atoms with van der Waals surface area (Å²) in [6.07, 6.45) is 6.26. The van der Waals surface area contributed by atoms with Crippen molar-refractivity contribution in [2.24, 2.45) is 0 Å². The minimum Gasteiger partial charge on any atom is -0.391 e. The second-order valence-corrected chi connectivity index (χ2v) is 7.55. The predicted molar refractivity (Wildman–Crippen MR) is 89.4 cm³/mol. The number of hydrogen-bond donors (Lipinski definition) is 2. The van der Waals surface area contributed by atoms with Crippen LogP contribution in [0.15, 0.2) is 11.4 Å². The largest absolute Gasteiger partial charge is 0.391 e. The molecule has 2 heterocycles. The third-order valence-electron chi connectivity index (χ3n) is 5.10.